The fourth-order valence-corrected chi connectivity index (χ4v) is 2.16. The van der Waals surface area contributed by atoms with Crippen LogP contribution in [0.15, 0.2) is 24.3 Å². The molecule has 2 atom stereocenters. The number of benzene rings is 1. The van der Waals surface area contributed by atoms with Gasteiger partial charge in [0.1, 0.15) is 5.75 Å². The molecule has 0 aliphatic carbocycles. The van der Waals surface area contributed by atoms with E-state index in [-0.39, 0.29) is 0 Å². The summed E-state index contributed by atoms with van der Waals surface area (Å²) >= 11 is 0. The Morgan fingerprint density at radius 2 is 1.84 bits per heavy atom. The number of nitrogens with one attached hydrogen (secondary N) is 1. The molecule has 0 aliphatic rings. The van der Waals surface area contributed by atoms with Gasteiger partial charge in [0, 0.05) is 0 Å². The summed E-state index contributed by atoms with van der Waals surface area (Å²) in [4.78, 5) is 0. The first-order chi connectivity index (χ1) is 9.04. The third-order valence-electron chi connectivity index (χ3n) is 3.57. The molecule has 0 spiro atoms. The van der Waals surface area contributed by atoms with Crippen molar-refractivity contribution < 1.29 is 4.74 Å². The molecule has 0 radical (unpaired) electrons. The minimum absolute atomic E-state index is 0.542. The lowest BCUT2D eigenvalue weighted by molar-refractivity contribution is 0.339. The summed E-state index contributed by atoms with van der Waals surface area (Å²) < 4.78 is 5.57. The predicted molar refractivity (Wildman–Crippen MR) is 82.9 cm³/mol. The van der Waals surface area contributed by atoms with E-state index in [1.165, 1.54) is 5.56 Å². The average molecular weight is 263 g/mol. The quantitative estimate of drug-likeness (QED) is 0.763. The third kappa shape index (κ3) is 5.65. The second kappa shape index (κ2) is 8.21. The highest BCUT2D eigenvalue weighted by Gasteiger charge is 2.14. The lowest BCUT2D eigenvalue weighted by atomic mass is 9.88. The van der Waals surface area contributed by atoms with Gasteiger partial charge in [-0.1, -0.05) is 39.8 Å². The van der Waals surface area contributed by atoms with Crippen LogP contribution < -0.4 is 10.1 Å². The van der Waals surface area contributed by atoms with Crippen molar-refractivity contribution in [2.75, 3.05) is 19.7 Å². The van der Waals surface area contributed by atoms with Gasteiger partial charge in [-0.05, 0) is 55.5 Å². The second-order valence-corrected chi connectivity index (χ2v) is 5.82. The van der Waals surface area contributed by atoms with Gasteiger partial charge in [-0.2, -0.15) is 0 Å². The maximum absolute atomic E-state index is 5.57. The average Bonchev–Trinajstić information content (AvgIpc) is 2.38. The van der Waals surface area contributed by atoms with Gasteiger partial charge in [-0.25, -0.2) is 0 Å². The number of hydrogen-bond acceptors (Lipinski definition) is 2. The maximum Gasteiger partial charge on any atom is 0.119 e. The van der Waals surface area contributed by atoms with E-state index in [2.05, 4.69) is 51.2 Å². The fraction of sp³-hybridized carbons (Fsp3) is 0.647. The SMILES string of the molecule is CCOc1cccc(C(C)C(C)CNCC(C)C)c1. The van der Waals surface area contributed by atoms with Crippen LogP contribution in [0.3, 0.4) is 0 Å². The van der Waals surface area contributed by atoms with Gasteiger partial charge >= 0.3 is 0 Å². The van der Waals surface area contributed by atoms with Crippen molar-refractivity contribution in [2.45, 2.75) is 40.5 Å². The van der Waals surface area contributed by atoms with E-state index < -0.39 is 0 Å². The molecule has 0 saturated carbocycles. The molecule has 0 bridgehead atoms. The van der Waals surface area contributed by atoms with Crippen LogP contribution in [0, 0.1) is 11.8 Å². The lowest BCUT2D eigenvalue weighted by Gasteiger charge is -2.22. The second-order valence-electron chi connectivity index (χ2n) is 5.82. The summed E-state index contributed by atoms with van der Waals surface area (Å²) in [6, 6.07) is 8.49. The predicted octanol–water partition coefficient (Wildman–Crippen LogP) is 4.07. The molecule has 108 valence electrons. The van der Waals surface area contributed by atoms with Crippen molar-refractivity contribution >= 4 is 0 Å². The molecular weight excluding hydrogens is 234 g/mol. The van der Waals surface area contributed by atoms with Gasteiger partial charge in [-0.3, -0.25) is 0 Å². The van der Waals surface area contributed by atoms with Crippen molar-refractivity contribution in [1.82, 2.24) is 5.32 Å². The number of hydrogen-bond donors (Lipinski definition) is 1. The van der Waals surface area contributed by atoms with Crippen LogP contribution in [0.25, 0.3) is 0 Å². The highest BCUT2D eigenvalue weighted by atomic mass is 16.5. The van der Waals surface area contributed by atoms with E-state index in [1.807, 2.05) is 13.0 Å². The number of rotatable bonds is 8. The molecule has 19 heavy (non-hydrogen) atoms. The first-order valence-electron chi connectivity index (χ1n) is 7.48. The van der Waals surface area contributed by atoms with E-state index in [4.69, 9.17) is 4.74 Å². The van der Waals surface area contributed by atoms with E-state index in [0.717, 1.165) is 25.4 Å². The Morgan fingerprint density at radius 3 is 2.47 bits per heavy atom. The van der Waals surface area contributed by atoms with Gasteiger partial charge in [0.05, 0.1) is 6.61 Å². The maximum atomic E-state index is 5.57. The topological polar surface area (TPSA) is 21.3 Å². The number of ether oxygens (including phenoxy) is 1. The molecule has 0 heterocycles. The molecule has 0 amide bonds. The Bertz CT molecular complexity index is 362. The molecule has 1 aromatic rings. The Morgan fingerprint density at radius 1 is 1.11 bits per heavy atom. The Labute approximate surface area is 118 Å². The zero-order valence-electron chi connectivity index (χ0n) is 13.1. The van der Waals surface area contributed by atoms with Crippen molar-refractivity contribution in [3.05, 3.63) is 29.8 Å². The highest BCUT2D eigenvalue weighted by Crippen LogP contribution is 2.26. The third-order valence-corrected chi connectivity index (χ3v) is 3.57. The fourth-order valence-electron chi connectivity index (χ4n) is 2.16. The molecule has 1 N–H and O–H groups in total. The Balaban J connectivity index is 2.55. The van der Waals surface area contributed by atoms with Crippen LogP contribution in [-0.4, -0.2) is 19.7 Å². The highest BCUT2D eigenvalue weighted by molar-refractivity contribution is 5.30. The molecule has 2 heteroatoms. The van der Waals surface area contributed by atoms with E-state index in [0.29, 0.717) is 17.8 Å². The first-order valence-corrected chi connectivity index (χ1v) is 7.48. The Kier molecular flexibility index (Phi) is 6.93. The van der Waals surface area contributed by atoms with Crippen molar-refractivity contribution in [2.24, 2.45) is 11.8 Å². The monoisotopic (exact) mass is 263 g/mol. The minimum atomic E-state index is 0.542. The first kappa shape index (κ1) is 16.0. The van der Waals surface area contributed by atoms with Crippen molar-refractivity contribution in [1.29, 1.82) is 0 Å². The van der Waals surface area contributed by atoms with Gasteiger partial charge in [0.2, 0.25) is 0 Å². The molecule has 0 aliphatic heterocycles. The van der Waals surface area contributed by atoms with E-state index in [1.54, 1.807) is 0 Å². The molecular formula is C17H29NO. The summed E-state index contributed by atoms with van der Waals surface area (Å²) in [5.41, 5.74) is 1.37. The smallest absolute Gasteiger partial charge is 0.119 e. The summed E-state index contributed by atoms with van der Waals surface area (Å²) in [6.45, 7) is 14.0. The molecule has 0 aromatic heterocycles. The standard InChI is InChI=1S/C17H29NO/c1-6-19-17-9-7-8-16(10-17)15(5)14(4)12-18-11-13(2)3/h7-10,13-15,18H,6,11-12H2,1-5H3. The van der Waals surface area contributed by atoms with Crippen LogP contribution in [0.2, 0.25) is 0 Å². The van der Waals surface area contributed by atoms with E-state index in [9.17, 15) is 0 Å². The summed E-state index contributed by atoms with van der Waals surface area (Å²) in [6.07, 6.45) is 0. The summed E-state index contributed by atoms with van der Waals surface area (Å²) in [7, 11) is 0. The van der Waals surface area contributed by atoms with E-state index >= 15 is 0 Å². The molecule has 0 saturated heterocycles. The molecule has 0 fully saturated rings. The zero-order valence-corrected chi connectivity index (χ0v) is 13.1. The van der Waals surface area contributed by atoms with Crippen LogP contribution in [0.5, 0.6) is 5.75 Å². The molecule has 1 rings (SSSR count). The van der Waals surface area contributed by atoms with Crippen molar-refractivity contribution in [3.8, 4) is 5.75 Å². The normalized spacial score (nSPS) is 14.4. The van der Waals surface area contributed by atoms with Gasteiger partial charge < -0.3 is 10.1 Å². The van der Waals surface area contributed by atoms with Gasteiger partial charge in [0.15, 0.2) is 0 Å². The zero-order chi connectivity index (χ0) is 14.3. The lowest BCUT2D eigenvalue weighted by Crippen LogP contribution is -2.27. The Hall–Kier alpha value is -1.02. The summed E-state index contributed by atoms with van der Waals surface area (Å²) in [5.74, 6) is 2.86. The van der Waals surface area contributed by atoms with Gasteiger partial charge in [-0.15, -0.1) is 0 Å². The summed E-state index contributed by atoms with van der Waals surface area (Å²) in [5, 5.41) is 3.54. The van der Waals surface area contributed by atoms with Crippen LogP contribution in [0.1, 0.15) is 46.1 Å². The molecule has 2 unspecified atom stereocenters. The largest absolute Gasteiger partial charge is 0.494 e. The minimum Gasteiger partial charge on any atom is -0.494 e. The molecule has 2 nitrogen and oxygen atoms in total. The van der Waals surface area contributed by atoms with Crippen molar-refractivity contribution in [3.63, 3.8) is 0 Å². The van der Waals surface area contributed by atoms with Crippen LogP contribution >= 0.6 is 0 Å². The van der Waals surface area contributed by atoms with Crippen LogP contribution in [-0.2, 0) is 0 Å². The molecule has 1 aromatic carbocycles. The van der Waals surface area contributed by atoms with Gasteiger partial charge in [0.25, 0.3) is 0 Å². The van der Waals surface area contributed by atoms with Crippen LogP contribution in [0.4, 0.5) is 0 Å².